The number of primary sulfonamides is 1. The van der Waals surface area contributed by atoms with Crippen LogP contribution in [0, 0.1) is 0 Å². The third-order valence-electron chi connectivity index (χ3n) is 1.93. The Labute approximate surface area is 93.8 Å². The molecule has 5 nitrogen and oxygen atoms in total. The van der Waals surface area contributed by atoms with Crippen molar-refractivity contribution in [2.24, 2.45) is 5.14 Å². The number of rotatable bonds is 4. The second kappa shape index (κ2) is 3.75. The Morgan fingerprint density at radius 1 is 0.941 bits per heavy atom. The fraction of sp³-hybridized carbons (Fsp3) is 1.00. The highest BCUT2D eigenvalue weighted by Crippen LogP contribution is 2.48. The van der Waals surface area contributed by atoms with Gasteiger partial charge in [0.05, 0.1) is 0 Å². The summed E-state index contributed by atoms with van der Waals surface area (Å²) in [5.41, 5.74) is 0. The highest BCUT2D eigenvalue weighted by molar-refractivity contribution is 7.92. The van der Waals surface area contributed by atoms with E-state index in [1.807, 2.05) is 0 Å². The Kier molecular flexibility index (Phi) is 3.64. The van der Waals surface area contributed by atoms with Gasteiger partial charge < -0.3 is 0 Å². The SMILES string of the molecule is CC(F)(C(F)(F)C(F)(F)S(C)(=O)=O)S(N)(=O)=O. The third-order valence-corrected chi connectivity index (χ3v) is 4.44. The lowest BCUT2D eigenvalue weighted by atomic mass is 10.2. The fourth-order valence-electron chi connectivity index (χ4n) is 0.671. The molecule has 0 saturated carbocycles. The third kappa shape index (κ3) is 2.25. The molecule has 0 aliphatic carbocycles. The minimum atomic E-state index is -6.04. The van der Waals surface area contributed by atoms with Gasteiger partial charge in [0, 0.05) is 6.26 Å². The van der Waals surface area contributed by atoms with Crippen molar-refractivity contribution < 1.29 is 38.8 Å². The molecule has 1 atom stereocenters. The predicted molar refractivity (Wildman–Crippen MR) is 47.4 cm³/mol. The lowest BCUT2D eigenvalue weighted by Crippen LogP contribution is -2.62. The molecule has 1 unspecified atom stereocenters. The summed E-state index contributed by atoms with van der Waals surface area (Å²) < 4.78 is 107. The lowest BCUT2D eigenvalue weighted by molar-refractivity contribution is -0.203. The van der Waals surface area contributed by atoms with Crippen molar-refractivity contribution in [2.45, 2.75) is 23.1 Å². The Balaban J connectivity index is 6.10. The Bertz CT molecular complexity index is 462. The first-order valence-electron chi connectivity index (χ1n) is 3.66. The molecule has 0 bridgehead atoms. The van der Waals surface area contributed by atoms with Gasteiger partial charge in [0.15, 0.2) is 0 Å². The van der Waals surface area contributed by atoms with Crippen LogP contribution in [0.2, 0.25) is 0 Å². The molecule has 104 valence electrons. The first-order chi connectivity index (χ1) is 7.00. The molecular formula is C5H8F5NO4S2. The van der Waals surface area contributed by atoms with E-state index in [1.54, 1.807) is 0 Å². The molecule has 0 aromatic carbocycles. The number of hydrogen-bond donors (Lipinski definition) is 1. The van der Waals surface area contributed by atoms with Gasteiger partial charge in [-0.15, -0.1) is 0 Å². The maximum absolute atomic E-state index is 13.2. The van der Waals surface area contributed by atoms with E-state index in [9.17, 15) is 38.8 Å². The number of sulfonamides is 1. The van der Waals surface area contributed by atoms with Gasteiger partial charge in [-0.1, -0.05) is 0 Å². The van der Waals surface area contributed by atoms with Crippen LogP contribution in [0.1, 0.15) is 6.92 Å². The van der Waals surface area contributed by atoms with Crippen LogP contribution in [-0.2, 0) is 19.9 Å². The second-order valence-corrected chi connectivity index (χ2v) is 7.24. The Hall–Kier alpha value is -0.490. The van der Waals surface area contributed by atoms with Crippen molar-refractivity contribution >= 4 is 19.9 Å². The first-order valence-corrected chi connectivity index (χ1v) is 7.10. The molecule has 0 spiro atoms. The quantitative estimate of drug-likeness (QED) is 0.752. The molecule has 0 rings (SSSR count). The molecule has 0 aromatic heterocycles. The maximum atomic E-state index is 13.2. The van der Waals surface area contributed by atoms with Gasteiger partial charge in [0.2, 0.25) is 9.84 Å². The minimum absolute atomic E-state index is 0.292. The lowest BCUT2D eigenvalue weighted by Gasteiger charge is -2.32. The first kappa shape index (κ1) is 16.5. The molecule has 0 aliphatic rings. The zero-order valence-corrected chi connectivity index (χ0v) is 10.0. The standard InChI is InChI=1S/C5H8F5NO4S2/c1-3(6,17(11,14)15)4(7,8)5(9,10)16(2,12)13/h1-2H3,(H2,11,14,15). The van der Waals surface area contributed by atoms with Crippen molar-refractivity contribution in [2.75, 3.05) is 6.26 Å². The summed E-state index contributed by atoms with van der Waals surface area (Å²) in [6, 6.07) is 0. The average molecular weight is 305 g/mol. The van der Waals surface area contributed by atoms with Crippen molar-refractivity contribution in [3.8, 4) is 0 Å². The molecular weight excluding hydrogens is 297 g/mol. The van der Waals surface area contributed by atoms with Crippen LogP contribution >= 0.6 is 0 Å². The Morgan fingerprint density at radius 3 is 1.41 bits per heavy atom. The van der Waals surface area contributed by atoms with Crippen LogP contribution in [0.5, 0.6) is 0 Å². The zero-order chi connectivity index (χ0) is 14.5. The van der Waals surface area contributed by atoms with Gasteiger partial charge in [-0.25, -0.2) is 26.4 Å². The summed E-state index contributed by atoms with van der Waals surface area (Å²) >= 11 is 0. The van der Waals surface area contributed by atoms with E-state index in [1.165, 1.54) is 0 Å². The molecule has 0 aromatic rings. The number of halogens is 5. The normalized spacial score (nSPS) is 18.8. The summed E-state index contributed by atoms with van der Waals surface area (Å²) in [5, 5.41) is -6.83. The van der Waals surface area contributed by atoms with E-state index >= 15 is 0 Å². The zero-order valence-electron chi connectivity index (χ0n) is 8.42. The Morgan fingerprint density at radius 2 is 1.24 bits per heavy atom. The summed E-state index contributed by atoms with van der Waals surface area (Å²) in [6.45, 7) is -0.443. The fourth-order valence-corrected chi connectivity index (χ4v) is 1.88. The van der Waals surface area contributed by atoms with Crippen LogP contribution in [0.4, 0.5) is 22.0 Å². The molecule has 0 heterocycles. The largest absolute Gasteiger partial charge is 0.411 e. The molecule has 0 amide bonds. The molecule has 12 heteroatoms. The van der Waals surface area contributed by atoms with Crippen LogP contribution in [0.15, 0.2) is 0 Å². The summed E-state index contributed by atoms with van der Waals surface area (Å²) in [7, 11) is -11.5. The maximum Gasteiger partial charge on any atom is 0.411 e. The van der Waals surface area contributed by atoms with Crippen molar-refractivity contribution in [1.82, 2.24) is 0 Å². The minimum Gasteiger partial charge on any atom is -0.226 e. The molecule has 0 saturated heterocycles. The van der Waals surface area contributed by atoms with Gasteiger partial charge in [0.25, 0.3) is 15.0 Å². The van der Waals surface area contributed by atoms with E-state index < -0.39 is 43.0 Å². The van der Waals surface area contributed by atoms with E-state index in [-0.39, 0.29) is 6.26 Å². The van der Waals surface area contributed by atoms with Crippen molar-refractivity contribution in [3.63, 3.8) is 0 Å². The molecule has 17 heavy (non-hydrogen) atoms. The number of hydrogen-bond acceptors (Lipinski definition) is 4. The summed E-state index contributed by atoms with van der Waals surface area (Å²) in [4.78, 5) is 0. The highest BCUT2D eigenvalue weighted by Gasteiger charge is 2.77. The number of sulfone groups is 1. The van der Waals surface area contributed by atoms with Crippen LogP contribution in [-0.4, -0.2) is 39.3 Å². The van der Waals surface area contributed by atoms with Crippen LogP contribution < -0.4 is 5.14 Å². The monoisotopic (exact) mass is 305 g/mol. The van der Waals surface area contributed by atoms with E-state index in [4.69, 9.17) is 0 Å². The second-order valence-electron chi connectivity index (χ2n) is 3.33. The topological polar surface area (TPSA) is 94.3 Å². The highest BCUT2D eigenvalue weighted by atomic mass is 32.2. The van der Waals surface area contributed by atoms with E-state index in [0.29, 0.717) is 0 Å². The van der Waals surface area contributed by atoms with Crippen molar-refractivity contribution in [3.05, 3.63) is 0 Å². The smallest absolute Gasteiger partial charge is 0.226 e. The average Bonchev–Trinajstić information content (AvgIpc) is 1.98. The van der Waals surface area contributed by atoms with Gasteiger partial charge in [-0.3, -0.25) is 0 Å². The van der Waals surface area contributed by atoms with E-state index in [2.05, 4.69) is 5.14 Å². The van der Waals surface area contributed by atoms with Crippen LogP contribution in [0.3, 0.4) is 0 Å². The van der Waals surface area contributed by atoms with E-state index in [0.717, 1.165) is 0 Å². The predicted octanol–water partition coefficient (Wildman–Crippen LogP) is 0.233. The van der Waals surface area contributed by atoms with Crippen LogP contribution in [0.25, 0.3) is 0 Å². The van der Waals surface area contributed by atoms with Gasteiger partial charge in [-0.05, 0) is 6.92 Å². The number of nitrogens with two attached hydrogens (primary N) is 1. The molecule has 0 aliphatic heterocycles. The summed E-state index contributed by atoms with van der Waals surface area (Å²) in [6.07, 6.45) is -0.292. The molecule has 0 radical (unpaired) electrons. The van der Waals surface area contributed by atoms with Crippen molar-refractivity contribution in [1.29, 1.82) is 0 Å². The molecule has 2 N–H and O–H groups in total. The van der Waals surface area contributed by atoms with Gasteiger partial charge >= 0.3 is 11.2 Å². The van der Waals surface area contributed by atoms with Gasteiger partial charge in [0.1, 0.15) is 0 Å². The number of alkyl halides is 5. The summed E-state index contributed by atoms with van der Waals surface area (Å²) in [5.74, 6) is -6.04. The molecule has 0 fully saturated rings. The van der Waals surface area contributed by atoms with Gasteiger partial charge in [-0.2, -0.15) is 17.6 Å².